The number of aromatic hydroxyl groups is 1. The highest BCUT2D eigenvalue weighted by Crippen LogP contribution is 2.39. The van der Waals surface area contributed by atoms with Gasteiger partial charge in [-0.25, -0.2) is 0 Å². The second kappa shape index (κ2) is 7.89. The number of halogens is 1. The summed E-state index contributed by atoms with van der Waals surface area (Å²) in [4.78, 5) is 12.5. The van der Waals surface area contributed by atoms with E-state index in [0.29, 0.717) is 22.5 Å². The lowest BCUT2D eigenvalue weighted by atomic mass is 10.1. The third kappa shape index (κ3) is 3.65. The Balaban J connectivity index is 1.76. The summed E-state index contributed by atoms with van der Waals surface area (Å²) in [5.74, 6) is -0.516. The lowest BCUT2D eigenvalue weighted by molar-refractivity contribution is 0.0994. The molecular weight excluding hydrogens is 386 g/mol. The van der Waals surface area contributed by atoms with Crippen molar-refractivity contribution < 1.29 is 9.90 Å². The number of carbonyl (C=O) groups is 1. The SMILES string of the molecule is Cc1ccccc1C(=O)N=Nc1c(O)n(Cc2ccccc2Cl)c2ccccc12. The predicted octanol–water partition coefficient (Wildman–Crippen LogP) is 6.28. The first-order chi connectivity index (χ1) is 14.1. The van der Waals surface area contributed by atoms with Gasteiger partial charge in [0, 0.05) is 16.0 Å². The lowest BCUT2D eigenvalue weighted by Crippen LogP contribution is -1.99. The first-order valence-electron chi connectivity index (χ1n) is 9.11. The maximum Gasteiger partial charge on any atom is 0.295 e. The summed E-state index contributed by atoms with van der Waals surface area (Å²) in [6.07, 6.45) is 0. The van der Waals surface area contributed by atoms with Gasteiger partial charge in [-0.1, -0.05) is 66.2 Å². The predicted molar refractivity (Wildman–Crippen MR) is 114 cm³/mol. The van der Waals surface area contributed by atoms with E-state index in [1.165, 1.54) is 0 Å². The van der Waals surface area contributed by atoms with Crippen molar-refractivity contribution in [3.05, 3.63) is 94.5 Å². The van der Waals surface area contributed by atoms with Crippen molar-refractivity contribution in [2.45, 2.75) is 13.5 Å². The second-order valence-corrected chi connectivity index (χ2v) is 7.09. The molecule has 5 nitrogen and oxygen atoms in total. The molecule has 0 saturated carbocycles. The van der Waals surface area contributed by atoms with Gasteiger partial charge in [-0.2, -0.15) is 0 Å². The highest BCUT2D eigenvalue weighted by molar-refractivity contribution is 6.31. The molecule has 1 N–H and O–H groups in total. The zero-order valence-electron chi connectivity index (χ0n) is 15.7. The van der Waals surface area contributed by atoms with Crippen molar-refractivity contribution in [3.63, 3.8) is 0 Å². The first kappa shape index (κ1) is 18.9. The van der Waals surface area contributed by atoms with Crippen molar-refractivity contribution in [2.75, 3.05) is 0 Å². The topological polar surface area (TPSA) is 66.9 Å². The molecule has 0 bridgehead atoms. The Morgan fingerprint density at radius 3 is 2.48 bits per heavy atom. The fourth-order valence-electron chi connectivity index (χ4n) is 3.29. The largest absolute Gasteiger partial charge is 0.493 e. The smallest absolute Gasteiger partial charge is 0.295 e. The molecule has 0 aliphatic carbocycles. The lowest BCUT2D eigenvalue weighted by Gasteiger charge is -2.08. The van der Waals surface area contributed by atoms with Crippen LogP contribution >= 0.6 is 11.6 Å². The van der Waals surface area contributed by atoms with Gasteiger partial charge in [0.2, 0.25) is 5.88 Å². The van der Waals surface area contributed by atoms with E-state index < -0.39 is 5.91 Å². The van der Waals surface area contributed by atoms with Gasteiger partial charge in [0.15, 0.2) is 5.69 Å². The van der Waals surface area contributed by atoms with Crippen molar-refractivity contribution in [3.8, 4) is 5.88 Å². The van der Waals surface area contributed by atoms with Crippen LogP contribution in [0.2, 0.25) is 5.02 Å². The molecule has 1 heterocycles. The zero-order chi connectivity index (χ0) is 20.4. The van der Waals surface area contributed by atoms with E-state index in [0.717, 1.165) is 16.6 Å². The number of fused-ring (bicyclic) bond motifs is 1. The molecule has 6 heteroatoms. The monoisotopic (exact) mass is 403 g/mol. The molecule has 0 saturated heterocycles. The zero-order valence-corrected chi connectivity index (χ0v) is 16.5. The molecular formula is C23H18ClN3O2. The van der Waals surface area contributed by atoms with Gasteiger partial charge >= 0.3 is 0 Å². The minimum atomic E-state index is -0.453. The molecule has 0 aliphatic rings. The van der Waals surface area contributed by atoms with Gasteiger partial charge in [0.1, 0.15) is 0 Å². The number of amides is 1. The van der Waals surface area contributed by atoms with Gasteiger partial charge < -0.3 is 9.67 Å². The number of hydrogen-bond donors (Lipinski definition) is 1. The molecule has 0 unspecified atom stereocenters. The number of azo groups is 1. The standard InChI is InChI=1S/C23H18ClN3O2/c1-15-8-2-4-10-17(15)22(28)26-25-21-18-11-5-7-13-20(18)27(23(21)29)14-16-9-3-6-12-19(16)24/h2-13,29H,14H2,1H3. The van der Waals surface area contributed by atoms with E-state index in [1.54, 1.807) is 22.8 Å². The molecule has 0 radical (unpaired) electrons. The number of aromatic nitrogens is 1. The highest BCUT2D eigenvalue weighted by Gasteiger charge is 2.18. The van der Waals surface area contributed by atoms with Gasteiger partial charge in [-0.15, -0.1) is 10.2 Å². The van der Waals surface area contributed by atoms with E-state index in [-0.39, 0.29) is 11.6 Å². The molecule has 0 aliphatic heterocycles. The van der Waals surface area contributed by atoms with Crippen LogP contribution in [-0.4, -0.2) is 15.6 Å². The Kier molecular flexibility index (Phi) is 5.14. The third-order valence-electron chi connectivity index (χ3n) is 4.82. The number of nitrogens with zero attached hydrogens (tertiary/aromatic N) is 3. The normalized spacial score (nSPS) is 11.4. The van der Waals surface area contributed by atoms with E-state index in [4.69, 9.17) is 11.6 Å². The van der Waals surface area contributed by atoms with Crippen LogP contribution in [0.4, 0.5) is 5.69 Å². The summed E-state index contributed by atoms with van der Waals surface area (Å²) in [7, 11) is 0. The average molecular weight is 404 g/mol. The van der Waals surface area contributed by atoms with Crippen LogP contribution in [0.25, 0.3) is 10.9 Å². The van der Waals surface area contributed by atoms with Crippen molar-refractivity contribution in [2.24, 2.45) is 10.2 Å². The molecule has 0 spiro atoms. The maximum atomic E-state index is 12.5. The average Bonchev–Trinajstić information content (AvgIpc) is 2.99. The van der Waals surface area contributed by atoms with Gasteiger partial charge in [-0.05, 0) is 36.2 Å². The molecule has 144 valence electrons. The van der Waals surface area contributed by atoms with Crippen LogP contribution in [-0.2, 0) is 6.54 Å². The molecule has 0 fully saturated rings. The van der Waals surface area contributed by atoms with E-state index in [2.05, 4.69) is 10.2 Å². The Bertz CT molecular complexity index is 1240. The fourth-order valence-corrected chi connectivity index (χ4v) is 3.48. The summed E-state index contributed by atoms with van der Waals surface area (Å²) in [6, 6.07) is 22.1. The summed E-state index contributed by atoms with van der Waals surface area (Å²) in [5, 5.41) is 20.1. The third-order valence-corrected chi connectivity index (χ3v) is 5.19. The van der Waals surface area contributed by atoms with Crippen LogP contribution in [0.5, 0.6) is 5.88 Å². The second-order valence-electron chi connectivity index (χ2n) is 6.69. The van der Waals surface area contributed by atoms with Gasteiger partial charge in [0.25, 0.3) is 5.91 Å². The number of aryl methyl sites for hydroxylation is 1. The Hall–Kier alpha value is -3.44. The maximum absolute atomic E-state index is 12.5. The summed E-state index contributed by atoms with van der Waals surface area (Å²) < 4.78 is 1.71. The van der Waals surface area contributed by atoms with Crippen molar-refractivity contribution in [1.29, 1.82) is 0 Å². The molecule has 29 heavy (non-hydrogen) atoms. The van der Waals surface area contributed by atoms with Crippen molar-refractivity contribution >= 4 is 34.1 Å². The quantitative estimate of drug-likeness (QED) is 0.407. The Labute approximate surface area is 172 Å². The number of carbonyl (C=O) groups excluding carboxylic acids is 1. The van der Waals surface area contributed by atoms with Crippen LogP contribution in [0.3, 0.4) is 0 Å². The number of rotatable bonds is 4. The van der Waals surface area contributed by atoms with Crippen LogP contribution in [0.1, 0.15) is 21.5 Å². The Morgan fingerprint density at radius 2 is 1.69 bits per heavy atom. The minimum Gasteiger partial charge on any atom is -0.493 e. The van der Waals surface area contributed by atoms with Crippen LogP contribution < -0.4 is 0 Å². The minimum absolute atomic E-state index is 0.0625. The summed E-state index contributed by atoms with van der Waals surface area (Å²) in [6.45, 7) is 2.21. The van der Waals surface area contributed by atoms with E-state index >= 15 is 0 Å². The van der Waals surface area contributed by atoms with Gasteiger partial charge in [-0.3, -0.25) is 4.79 Å². The fraction of sp³-hybridized carbons (Fsp3) is 0.0870. The molecule has 1 amide bonds. The van der Waals surface area contributed by atoms with Crippen LogP contribution in [0, 0.1) is 6.92 Å². The van der Waals surface area contributed by atoms with Crippen molar-refractivity contribution in [1.82, 2.24) is 4.57 Å². The number of para-hydroxylation sites is 1. The molecule has 1 aromatic heterocycles. The molecule has 4 rings (SSSR count). The van der Waals surface area contributed by atoms with Crippen LogP contribution in [0.15, 0.2) is 83.0 Å². The Morgan fingerprint density at radius 1 is 1.00 bits per heavy atom. The van der Waals surface area contributed by atoms with E-state index in [9.17, 15) is 9.90 Å². The highest BCUT2D eigenvalue weighted by atomic mass is 35.5. The number of benzene rings is 3. The first-order valence-corrected chi connectivity index (χ1v) is 9.49. The molecule has 0 atom stereocenters. The summed E-state index contributed by atoms with van der Waals surface area (Å²) >= 11 is 6.29. The molecule has 3 aromatic carbocycles. The van der Waals surface area contributed by atoms with Gasteiger partial charge in [0.05, 0.1) is 12.1 Å². The van der Waals surface area contributed by atoms with E-state index in [1.807, 2.05) is 61.5 Å². The molecule has 4 aromatic rings. The summed E-state index contributed by atoms with van der Waals surface area (Å²) in [5.41, 5.74) is 3.21. The number of hydrogen-bond acceptors (Lipinski definition) is 3.